The van der Waals surface area contributed by atoms with Crippen LogP contribution in [-0.4, -0.2) is 37.6 Å². The van der Waals surface area contributed by atoms with Gasteiger partial charge < -0.3 is 14.8 Å². The molecule has 2 fully saturated rings. The van der Waals surface area contributed by atoms with Crippen LogP contribution in [0, 0.1) is 0 Å². The highest BCUT2D eigenvalue weighted by atomic mass is 19.3. The minimum Gasteiger partial charge on any atom is -0.493 e. The third kappa shape index (κ3) is 4.44. The Hall–Kier alpha value is -1.89. The Kier molecular flexibility index (Phi) is 5.65. The van der Waals surface area contributed by atoms with Gasteiger partial charge in [-0.2, -0.15) is 0 Å². The summed E-state index contributed by atoms with van der Waals surface area (Å²) in [7, 11) is 1.58. The summed E-state index contributed by atoms with van der Waals surface area (Å²) in [5.41, 5.74) is 0.832. The standard InChI is InChI=1S/C19H26F2N2O3/c1-12(23-18(24)15-10-19(20,21)11-22-15)13-7-8-16(17(9-13)25-2)26-14-5-3-4-6-14/h7-9,12,14-15,22H,3-6,10-11H2,1-2H3,(H,23,24). The summed E-state index contributed by atoms with van der Waals surface area (Å²) >= 11 is 0. The van der Waals surface area contributed by atoms with Gasteiger partial charge in [0.15, 0.2) is 11.5 Å². The first-order valence-electron chi connectivity index (χ1n) is 9.14. The molecule has 1 saturated carbocycles. The number of hydrogen-bond donors (Lipinski definition) is 2. The topological polar surface area (TPSA) is 59.6 Å². The minimum atomic E-state index is -2.83. The van der Waals surface area contributed by atoms with Crippen LogP contribution < -0.4 is 20.1 Å². The highest BCUT2D eigenvalue weighted by molar-refractivity contribution is 5.82. The molecule has 0 aromatic heterocycles. The van der Waals surface area contributed by atoms with E-state index in [0.29, 0.717) is 11.5 Å². The smallest absolute Gasteiger partial charge is 0.262 e. The molecule has 2 N–H and O–H groups in total. The molecule has 7 heteroatoms. The molecular formula is C19H26F2N2O3. The normalized spacial score (nSPS) is 23.6. The monoisotopic (exact) mass is 368 g/mol. The minimum absolute atomic E-state index is 0.224. The van der Waals surface area contributed by atoms with Gasteiger partial charge in [0, 0.05) is 6.42 Å². The van der Waals surface area contributed by atoms with Crippen LogP contribution in [0.15, 0.2) is 18.2 Å². The molecule has 2 unspecified atom stereocenters. The van der Waals surface area contributed by atoms with E-state index >= 15 is 0 Å². The molecule has 1 aromatic carbocycles. The number of rotatable bonds is 6. The lowest BCUT2D eigenvalue weighted by molar-refractivity contribution is -0.124. The van der Waals surface area contributed by atoms with E-state index in [1.165, 1.54) is 12.8 Å². The average molecular weight is 368 g/mol. The maximum Gasteiger partial charge on any atom is 0.262 e. The molecule has 5 nitrogen and oxygen atoms in total. The van der Waals surface area contributed by atoms with Gasteiger partial charge in [0.2, 0.25) is 5.91 Å². The molecule has 0 bridgehead atoms. The molecule has 1 aromatic rings. The molecule has 3 rings (SSSR count). The van der Waals surface area contributed by atoms with Crippen LogP contribution in [0.3, 0.4) is 0 Å². The fourth-order valence-corrected chi connectivity index (χ4v) is 3.53. The zero-order valence-corrected chi connectivity index (χ0v) is 15.2. The van der Waals surface area contributed by atoms with Crippen LogP contribution in [0.5, 0.6) is 11.5 Å². The lowest BCUT2D eigenvalue weighted by atomic mass is 10.1. The summed E-state index contributed by atoms with van der Waals surface area (Å²) in [4.78, 5) is 12.2. The number of hydrogen-bond acceptors (Lipinski definition) is 4. The van der Waals surface area contributed by atoms with Crippen molar-refractivity contribution in [2.24, 2.45) is 0 Å². The first kappa shape index (κ1) is 18.9. The van der Waals surface area contributed by atoms with Crippen LogP contribution in [0.1, 0.15) is 50.6 Å². The molecule has 1 amide bonds. The molecular weight excluding hydrogens is 342 g/mol. The zero-order chi connectivity index (χ0) is 18.7. The van der Waals surface area contributed by atoms with Crippen molar-refractivity contribution in [3.63, 3.8) is 0 Å². The van der Waals surface area contributed by atoms with Gasteiger partial charge in [-0.25, -0.2) is 8.78 Å². The summed E-state index contributed by atoms with van der Waals surface area (Å²) in [5.74, 6) is -1.94. The maximum absolute atomic E-state index is 13.3. The number of benzene rings is 1. The first-order chi connectivity index (χ1) is 12.4. The molecule has 0 spiro atoms. The number of carbonyl (C=O) groups excluding carboxylic acids is 1. The van der Waals surface area contributed by atoms with Crippen molar-refractivity contribution in [2.75, 3.05) is 13.7 Å². The van der Waals surface area contributed by atoms with Crippen LogP contribution in [0.2, 0.25) is 0 Å². The zero-order valence-electron chi connectivity index (χ0n) is 15.2. The molecule has 1 aliphatic heterocycles. The van der Waals surface area contributed by atoms with Gasteiger partial charge in [-0.1, -0.05) is 6.07 Å². The Morgan fingerprint density at radius 2 is 2.04 bits per heavy atom. The van der Waals surface area contributed by atoms with Gasteiger partial charge in [0.05, 0.1) is 31.8 Å². The predicted molar refractivity (Wildman–Crippen MR) is 93.8 cm³/mol. The number of halogens is 2. The summed E-state index contributed by atoms with van der Waals surface area (Å²) in [6.45, 7) is 1.36. The van der Waals surface area contributed by atoms with E-state index in [0.717, 1.165) is 18.4 Å². The fraction of sp³-hybridized carbons (Fsp3) is 0.632. The van der Waals surface area contributed by atoms with E-state index in [2.05, 4.69) is 10.6 Å². The van der Waals surface area contributed by atoms with Crippen LogP contribution >= 0.6 is 0 Å². The Morgan fingerprint density at radius 1 is 1.31 bits per heavy atom. The Labute approximate surface area is 152 Å². The van der Waals surface area contributed by atoms with Crippen LogP contribution in [0.4, 0.5) is 8.78 Å². The second-order valence-electron chi connectivity index (χ2n) is 7.16. The van der Waals surface area contributed by atoms with Gasteiger partial charge in [0.25, 0.3) is 5.92 Å². The number of alkyl halides is 2. The second kappa shape index (κ2) is 7.78. The Morgan fingerprint density at radius 3 is 2.65 bits per heavy atom. The quantitative estimate of drug-likeness (QED) is 0.810. The first-order valence-corrected chi connectivity index (χ1v) is 9.14. The van der Waals surface area contributed by atoms with Crippen molar-refractivity contribution in [2.45, 2.75) is 63.1 Å². The number of ether oxygens (including phenoxy) is 2. The maximum atomic E-state index is 13.3. The average Bonchev–Trinajstić information content (AvgIpc) is 3.24. The SMILES string of the molecule is COc1cc(C(C)NC(=O)C2CC(F)(F)CN2)ccc1OC1CCCC1. The van der Waals surface area contributed by atoms with E-state index in [-0.39, 0.29) is 12.1 Å². The van der Waals surface area contributed by atoms with Crippen molar-refractivity contribution in [3.05, 3.63) is 23.8 Å². The summed E-state index contributed by atoms with van der Waals surface area (Å²) in [6, 6.07) is 4.35. The van der Waals surface area contributed by atoms with Gasteiger partial charge in [0.1, 0.15) is 0 Å². The van der Waals surface area contributed by atoms with Crippen LogP contribution in [0.25, 0.3) is 0 Å². The lowest BCUT2D eigenvalue weighted by Gasteiger charge is -2.20. The highest BCUT2D eigenvalue weighted by Gasteiger charge is 2.42. The highest BCUT2D eigenvalue weighted by Crippen LogP contribution is 2.34. The van der Waals surface area contributed by atoms with Gasteiger partial charge in [-0.15, -0.1) is 0 Å². The van der Waals surface area contributed by atoms with Gasteiger partial charge in [-0.3, -0.25) is 10.1 Å². The predicted octanol–water partition coefficient (Wildman–Crippen LogP) is 3.19. The third-order valence-electron chi connectivity index (χ3n) is 5.07. The van der Waals surface area contributed by atoms with E-state index in [4.69, 9.17) is 9.47 Å². The van der Waals surface area contributed by atoms with E-state index < -0.39 is 30.8 Å². The van der Waals surface area contributed by atoms with Crippen molar-refractivity contribution in [1.29, 1.82) is 0 Å². The summed E-state index contributed by atoms with van der Waals surface area (Å²) in [5, 5.41) is 5.36. The number of carbonyl (C=O) groups is 1. The van der Waals surface area contributed by atoms with Crippen molar-refractivity contribution >= 4 is 5.91 Å². The lowest BCUT2D eigenvalue weighted by Crippen LogP contribution is -2.41. The van der Waals surface area contributed by atoms with E-state index in [1.807, 2.05) is 25.1 Å². The number of nitrogens with one attached hydrogen (secondary N) is 2. The van der Waals surface area contributed by atoms with Crippen molar-refractivity contribution in [3.8, 4) is 11.5 Å². The largest absolute Gasteiger partial charge is 0.493 e. The number of amides is 1. The molecule has 26 heavy (non-hydrogen) atoms. The molecule has 0 radical (unpaired) electrons. The summed E-state index contributed by atoms with van der Waals surface area (Å²) < 4.78 is 37.9. The Balaban J connectivity index is 1.63. The van der Waals surface area contributed by atoms with Gasteiger partial charge in [-0.05, 0) is 50.3 Å². The molecule has 1 aliphatic carbocycles. The molecule has 2 aliphatic rings. The summed E-state index contributed by atoms with van der Waals surface area (Å²) in [6.07, 6.45) is 4.22. The number of methoxy groups -OCH3 is 1. The molecule has 1 saturated heterocycles. The molecule has 2 atom stereocenters. The van der Waals surface area contributed by atoms with Gasteiger partial charge >= 0.3 is 0 Å². The van der Waals surface area contributed by atoms with Crippen molar-refractivity contribution in [1.82, 2.24) is 10.6 Å². The van der Waals surface area contributed by atoms with Crippen LogP contribution in [-0.2, 0) is 4.79 Å². The van der Waals surface area contributed by atoms with Crippen molar-refractivity contribution < 1.29 is 23.0 Å². The Bertz CT molecular complexity index is 648. The fourth-order valence-electron chi connectivity index (χ4n) is 3.53. The third-order valence-corrected chi connectivity index (χ3v) is 5.07. The second-order valence-corrected chi connectivity index (χ2v) is 7.16. The molecule has 1 heterocycles. The molecule has 144 valence electrons. The van der Waals surface area contributed by atoms with E-state index in [9.17, 15) is 13.6 Å². The van der Waals surface area contributed by atoms with E-state index in [1.54, 1.807) is 7.11 Å².